The van der Waals surface area contributed by atoms with Crippen molar-refractivity contribution < 1.29 is 9.53 Å². The van der Waals surface area contributed by atoms with E-state index in [2.05, 4.69) is 60.3 Å². The van der Waals surface area contributed by atoms with Crippen LogP contribution in [0.2, 0.25) is 0 Å². The van der Waals surface area contributed by atoms with Crippen LogP contribution in [0.5, 0.6) is 5.75 Å². The second-order valence-electron chi connectivity index (χ2n) is 7.44. The average molecular weight is 389 g/mol. The van der Waals surface area contributed by atoms with Gasteiger partial charge in [0.1, 0.15) is 5.75 Å². The number of para-hydroxylation sites is 2. The molecule has 0 spiro atoms. The molecule has 4 rings (SSSR count). The molecule has 5 nitrogen and oxygen atoms in total. The predicted octanol–water partition coefficient (Wildman–Crippen LogP) is 5.14. The second-order valence-corrected chi connectivity index (χ2v) is 7.44. The molecule has 5 heteroatoms. The summed E-state index contributed by atoms with van der Waals surface area (Å²) in [6, 6.07) is 17.9. The molecule has 29 heavy (non-hydrogen) atoms. The number of carbonyl (C=O) groups is 1. The van der Waals surface area contributed by atoms with Gasteiger partial charge in [0.15, 0.2) is 0 Å². The highest BCUT2D eigenvalue weighted by atomic mass is 16.5. The number of aryl methyl sites for hydroxylation is 2. The molecule has 2 heterocycles. The van der Waals surface area contributed by atoms with Gasteiger partial charge in [-0.05, 0) is 56.2 Å². The summed E-state index contributed by atoms with van der Waals surface area (Å²) in [5.74, 6) is 0.687. The molecular weight excluding hydrogens is 362 g/mol. The molecule has 0 bridgehead atoms. The molecule has 0 radical (unpaired) electrons. The van der Waals surface area contributed by atoms with Gasteiger partial charge in [0.2, 0.25) is 0 Å². The molecule has 3 aromatic rings. The van der Waals surface area contributed by atoms with Crippen LogP contribution in [-0.4, -0.2) is 28.6 Å². The number of rotatable bonds is 4. The van der Waals surface area contributed by atoms with Crippen molar-refractivity contribution >= 4 is 11.7 Å². The Morgan fingerprint density at radius 3 is 2.72 bits per heavy atom. The molecule has 1 atom stereocenters. The van der Waals surface area contributed by atoms with Gasteiger partial charge in [-0.3, -0.25) is 0 Å². The highest BCUT2D eigenvalue weighted by molar-refractivity contribution is 5.91. The molecule has 1 N–H and O–H groups in total. The Morgan fingerprint density at radius 1 is 1.10 bits per heavy atom. The van der Waals surface area contributed by atoms with E-state index in [1.165, 1.54) is 11.1 Å². The third kappa shape index (κ3) is 3.73. The number of nitrogens with one attached hydrogen (secondary N) is 1. The van der Waals surface area contributed by atoms with Gasteiger partial charge < -0.3 is 19.5 Å². The lowest BCUT2D eigenvalue weighted by molar-refractivity contribution is 0.181. The lowest BCUT2D eigenvalue weighted by Crippen LogP contribution is -2.44. The highest BCUT2D eigenvalue weighted by Crippen LogP contribution is 2.35. The Kier molecular flexibility index (Phi) is 5.30. The largest absolute Gasteiger partial charge is 0.492 e. The van der Waals surface area contributed by atoms with Crippen LogP contribution < -0.4 is 10.1 Å². The lowest BCUT2D eigenvalue weighted by Gasteiger charge is -2.38. The summed E-state index contributed by atoms with van der Waals surface area (Å²) in [5.41, 5.74) is 5.40. The van der Waals surface area contributed by atoms with E-state index >= 15 is 0 Å². The first-order valence-corrected chi connectivity index (χ1v) is 10.1. The van der Waals surface area contributed by atoms with Gasteiger partial charge in [0.25, 0.3) is 0 Å². The Labute approximate surface area is 171 Å². The molecular formula is C24H27N3O2. The topological polar surface area (TPSA) is 46.5 Å². The minimum Gasteiger partial charge on any atom is -0.492 e. The number of hydrogen-bond acceptors (Lipinski definition) is 2. The van der Waals surface area contributed by atoms with Crippen LogP contribution >= 0.6 is 0 Å². The first kappa shape index (κ1) is 19.1. The Balaban J connectivity index is 1.69. The van der Waals surface area contributed by atoms with Crippen LogP contribution in [0.1, 0.15) is 35.3 Å². The summed E-state index contributed by atoms with van der Waals surface area (Å²) >= 11 is 0. The second kappa shape index (κ2) is 8.03. The third-order valence-corrected chi connectivity index (χ3v) is 5.45. The fourth-order valence-electron chi connectivity index (χ4n) is 4.10. The van der Waals surface area contributed by atoms with E-state index in [0.29, 0.717) is 24.6 Å². The maximum Gasteiger partial charge on any atom is 0.322 e. The van der Waals surface area contributed by atoms with Crippen molar-refractivity contribution in [3.8, 4) is 5.75 Å². The summed E-state index contributed by atoms with van der Waals surface area (Å²) in [5, 5.41) is 3.07. The van der Waals surface area contributed by atoms with E-state index in [1.807, 2.05) is 36.1 Å². The smallest absolute Gasteiger partial charge is 0.322 e. The van der Waals surface area contributed by atoms with Gasteiger partial charge in [0, 0.05) is 25.0 Å². The van der Waals surface area contributed by atoms with E-state index in [1.54, 1.807) is 0 Å². The number of benzene rings is 2. The molecule has 0 saturated carbocycles. The SMILES string of the molecule is CCOc1ccccc1NC(=O)N1CCn2cccc2[C@@H]1c1ccc(C)cc1C. The molecule has 0 aliphatic carbocycles. The minimum absolute atomic E-state index is 0.116. The Bertz CT molecular complexity index is 1020. The molecule has 2 aromatic carbocycles. The highest BCUT2D eigenvalue weighted by Gasteiger charge is 2.33. The van der Waals surface area contributed by atoms with E-state index in [-0.39, 0.29) is 12.1 Å². The van der Waals surface area contributed by atoms with Crippen molar-refractivity contribution in [2.45, 2.75) is 33.4 Å². The van der Waals surface area contributed by atoms with Gasteiger partial charge in [-0.25, -0.2) is 4.79 Å². The lowest BCUT2D eigenvalue weighted by atomic mass is 9.94. The maximum absolute atomic E-state index is 13.4. The van der Waals surface area contributed by atoms with Gasteiger partial charge in [-0.1, -0.05) is 35.9 Å². The normalized spacial score (nSPS) is 15.7. The summed E-state index contributed by atoms with van der Waals surface area (Å²) in [7, 11) is 0. The zero-order valence-corrected chi connectivity index (χ0v) is 17.2. The number of ether oxygens (including phenoxy) is 1. The summed E-state index contributed by atoms with van der Waals surface area (Å²) in [6.07, 6.45) is 2.09. The fourth-order valence-corrected chi connectivity index (χ4v) is 4.10. The standard InChI is InChI=1S/C24H27N3O2/c1-4-29-22-10-6-5-8-20(22)25-24(28)27-15-14-26-13-7-9-21(26)23(27)19-12-11-17(2)16-18(19)3/h5-13,16,23H,4,14-15H2,1-3H3,(H,25,28)/t23-/m0/s1. The van der Waals surface area contributed by atoms with Gasteiger partial charge in [-0.15, -0.1) is 0 Å². The summed E-state index contributed by atoms with van der Waals surface area (Å²) in [4.78, 5) is 15.3. The molecule has 1 aliphatic heterocycles. The number of fused-ring (bicyclic) bond motifs is 1. The third-order valence-electron chi connectivity index (χ3n) is 5.45. The Hall–Kier alpha value is -3.21. The van der Waals surface area contributed by atoms with Crippen molar-refractivity contribution in [3.05, 3.63) is 83.2 Å². The van der Waals surface area contributed by atoms with E-state index in [9.17, 15) is 4.79 Å². The van der Waals surface area contributed by atoms with Gasteiger partial charge >= 0.3 is 6.03 Å². The fraction of sp³-hybridized carbons (Fsp3) is 0.292. The average Bonchev–Trinajstić information content (AvgIpc) is 3.18. The quantitative estimate of drug-likeness (QED) is 0.671. The van der Waals surface area contributed by atoms with E-state index < -0.39 is 0 Å². The number of urea groups is 1. The molecule has 0 unspecified atom stereocenters. The van der Waals surface area contributed by atoms with Crippen molar-refractivity contribution in [2.75, 3.05) is 18.5 Å². The number of amides is 2. The van der Waals surface area contributed by atoms with Crippen LogP contribution in [-0.2, 0) is 6.54 Å². The molecule has 1 aliphatic rings. The zero-order chi connectivity index (χ0) is 20.4. The summed E-state index contributed by atoms with van der Waals surface area (Å²) in [6.45, 7) is 8.12. The maximum atomic E-state index is 13.4. The van der Waals surface area contributed by atoms with Gasteiger partial charge in [-0.2, -0.15) is 0 Å². The number of nitrogens with zero attached hydrogens (tertiary/aromatic N) is 2. The van der Waals surface area contributed by atoms with E-state index in [0.717, 1.165) is 17.8 Å². The predicted molar refractivity (Wildman–Crippen MR) is 116 cm³/mol. The Morgan fingerprint density at radius 2 is 1.93 bits per heavy atom. The van der Waals surface area contributed by atoms with Crippen LogP contribution in [0.4, 0.5) is 10.5 Å². The molecule has 0 fully saturated rings. The van der Waals surface area contributed by atoms with Crippen LogP contribution in [0.25, 0.3) is 0 Å². The van der Waals surface area contributed by atoms with Crippen molar-refractivity contribution in [1.29, 1.82) is 0 Å². The summed E-state index contributed by atoms with van der Waals surface area (Å²) < 4.78 is 7.91. The molecule has 0 saturated heterocycles. The van der Waals surface area contributed by atoms with Crippen LogP contribution in [0.3, 0.4) is 0 Å². The van der Waals surface area contributed by atoms with Crippen molar-refractivity contribution in [2.24, 2.45) is 0 Å². The van der Waals surface area contributed by atoms with Crippen LogP contribution in [0, 0.1) is 13.8 Å². The van der Waals surface area contributed by atoms with Crippen LogP contribution in [0.15, 0.2) is 60.8 Å². The van der Waals surface area contributed by atoms with Crippen molar-refractivity contribution in [3.63, 3.8) is 0 Å². The van der Waals surface area contributed by atoms with E-state index in [4.69, 9.17) is 4.74 Å². The molecule has 1 aromatic heterocycles. The number of hydrogen-bond donors (Lipinski definition) is 1. The minimum atomic E-state index is -0.126. The van der Waals surface area contributed by atoms with Gasteiger partial charge in [0.05, 0.1) is 18.3 Å². The number of aromatic nitrogens is 1. The first-order valence-electron chi connectivity index (χ1n) is 10.1. The molecule has 150 valence electrons. The monoisotopic (exact) mass is 389 g/mol. The number of anilines is 1. The number of carbonyl (C=O) groups excluding carboxylic acids is 1. The zero-order valence-electron chi connectivity index (χ0n) is 17.2. The van der Waals surface area contributed by atoms with Crippen molar-refractivity contribution in [1.82, 2.24) is 9.47 Å². The molecule has 2 amide bonds. The first-order chi connectivity index (χ1) is 14.1.